The van der Waals surface area contributed by atoms with Gasteiger partial charge in [0.25, 0.3) is 0 Å². The van der Waals surface area contributed by atoms with Gasteiger partial charge in [0.15, 0.2) is 5.78 Å². The number of hydrogen-bond donors (Lipinski definition) is 0. The van der Waals surface area contributed by atoms with Crippen molar-refractivity contribution in [1.29, 1.82) is 0 Å². The van der Waals surface area contributed by atoms with Crippen molar-refractivity contribution >= 4 is 28.9 Å². The molecule has 2 rings (SSSR count). The average Bonchev–Trinajstić information content (AvgIpc) is 2.80. The molecule has 0 aromatic carbocycles. The number of rotatable bonds is 4. The summed E-state index contributed by atoms with van der Waals surface area (Å²) in [6.45, 7) is 8.43. The highest BCUT2D eigenvalue weighted by molar-refractivity contribution is 8.02. The zero-order chi connectivity index (χ0) is 13.6. The Morgan fingerprint density at radius 2 is 1.83 bits per heavy atom. The first-order chi connectivity index (χ1) is 8.71. The van der Waals surface area contributed by atoms with Crippen LogP contribution in [0.25, 0.3) is 0 Å². The number of carbonyl (C=O) groups excluding carboxylic acids is 1. The number of thiophene rings is 1. The van der Waals surface area contributed by atoms with E-state index in [1.807, 2.05) is 37.1 Å². The standard InChI is InChI=1S/C13H18OS2.C2H6/c1-3-6-13(7-4-2)9-11(14)10-5-8-15-12(10)16-13;1-2/h5,8H,3-4,6-7,9H2,1-2H3;1-2H3. The van der Waals surface area contributed by atoms with Crippen LogP contribution in [-0.4, -0.2) is 10.5 Å². The summed E-state index contributed by atoms with van der Waals surface area (Å²) in [6.07, 6.45) is 5.40. The lowest BCUT2D eigenvalue weighted by molar-refractivity contribution is 0.0959. The van der Waals surface area contributed by atoms with Crippen LogP contribution >= 0.6 is 23.1 Å². The van der Waals surface area contributed by atoms with Gasteiger partial charge in [0, 0.05) is 16.7 Å². The van der Waals surface area contributed by atoms with Gasteiger partial charge < -0.3 is 0 Å². The Hall–Kier alpha value is -0.280. The topological polar surface area (TPSA) is 17.1 Å². The molecule has 0 saturated heterocycles. The lowest BCUT2D eigenvalue weighted by Crippen LogP contribution is -2.31. The fourth-order valence-corrected chi connectivity index (χ4v) is 5.54. The van der Waals surface area contributed by atoms with Crippen molar-refractivity contribution in [2.24, 2.45) is 0 Å². The minimum Gasteiger partial charge on any atom is -0.294 e. The zero-order valence-corrected chi connectivity index (χ0v) is 13.5. The molecule has 1 nitrogen and oxygen atoms in total. The van der Waals surface area contributed by atoms with Gasteiger partial charge in [0.2, 0.25) is 0 Å². The number of carbonyl (C=O) groups is 1. The third-order valence-corrected chi connectivity index (χ3v) is 5.77. The van der Waals surface area contributed by atoms with Crippen molar-refractivity contribution in [3.8, 4) is 0 Å². The predicted octanol–water partition coefficient (Wildman–Crippen LogP) is 5.79. The van der Waals surface area contributed by atoms with Gasteiger partial charge in [0.1, 0.15) is 0 Å². The van der Waals surface area contributed by atoms with Gasteiger partial charge in [0.05, 0.1) is 4.21 Å². The molecule has 1 aliphatic rings. The molecule has 0 unspecified atom stereocenters. The van der Waals surface area contributed by atoms with Gasteiger partial charge in [-0.2, -0.15) is 0 Å². The molecular formula is C15H24OS2. The Labute approximate surface area is 119 Å². The van der Waals surface area contributed by atoms with Crippen LogP contribution < -0.4 is 0 Å². The summed E-state index contributed by atoms with van der Waals surface area (Å²) < 4.78 is 1.44. The first-order valence-electron chi connectivity index (χ1n) is 7.00. The molecule has 1 aliphatic heterocycles. The second kappa shape index (κ2) is 7.34. The van der Waals surface area contributed by atoms with Crippen molar-refractivity contribution in [1.82, 2.24) is 0 Å². The van der Waals surface area contributed by atoms with Crippen molar-refractivity contribution in [3.63, 3.8) is 0 Å². The number of hydrogen-bond acceptors (Lipinski definition) is 3. The molecule has 1 aromatic heterocycles. The Kier molecular flexibility index (Phi) is 6.44. The van der Waals surface area contributed by atoms with Crippen LogP contribution in [0.5, 0.6) is 0 Å². The van der Waals surface area contributed by atoms with Crippen molar-refractivity contribution in [3.05, 3.63) is 17.0 Å². The second-order valence-corrected chi connectivity index (χ2v) is 7.16. The Morgan fingerprint density at radius 3 is 2.39 bits per heavy atom. The molecule has 0 N–H and O–H groups in total. The normalized spacial score (nSPS) is 16.8. The van der Waals surface area contributed by atoms with Gasteiger partial charge in [-0.1, -0.05) is 40.5 Å². The fourth-order valence-electron chi connectivity index (χ4n) is 2.52. The van der Waals surface area contributed by atoms with Crippen LogP contribution in [0.2, 0.25) is 0 Å². The highest BCUT2D eigenvalue weighted by Crippen LogP contribution is 2.50. The van der Waals surface area contributed by atoms with Crippen molar-refractivity contribution in [2.75, 3.05) is 0 Å². The Morgan fingerprint density at radius 1 is 1.22 bits per heavy atom. The quantitative estimate of drug-likeness (QED) is 0.696. The maximum atomic E-state index is 12.1. The fraction of sp³-hybridized carbons (Fsp3) is 0.667. The van der Waals surface area contributed by atoms with Gasteiger partial charge in [-0.25, -0.2) is 0 Å². The largest absolute Gasteiger partial charge is 0.294 e. The van der Waals surface area contributed by atoms with Crippen LogP contribution in [0.1, 0.15) is 70.2 Å². The van der Waals surface area contributed by atoms with E-state index in [2.05, 4.69) is 13.8 Å². The molecule has 18 heavy (non-hydrogen) atoms. The third-order valence-electron chi connectivity index (χ3n) is 3.13. The molecule has 102 valence electrons. The van der Waals surface area contributed by atoms with E-state index in [9.17, 15) is 4.79 Å². The van der Waals surface area contributed by atoms with Crippen LogP contribution in [0, 0.1) is 0 Å². The van der Waals surface area contributed by atoms with Gasteiger partial charge in [-0.3, -0.25) is 4.79 Å². The minimum absolute atomic E-state index is 0.193. The zero-order valence-electron chi connectivity index (χ0n) is 11.9. The maximum absolute atomic E-state index is 12.1. The monoisotopic (exact) mass is 284 g/mol. The Bertz CT molecular complexity index is 376. The molecule has 3 heteroatoms. The molecule has 0 saturated carbocycles. The molecule has 0 aliphatic carbocycles. The van der Waals surface area contributed by atoms with E-state index in [4.69, 9.17) is 0 Å². The second-order valence-electron chi connectivity index (χ2n) is 4.51. The summed E-state index contributed by atoms with van der Waals surface area (Å²) in [7, 11) is 0. The minimum atomic E-state index is 0.193. The molecule has 0 bridgehead atoms. The van der Waals surface area contributed by atoms with Gasteiger partial charge >= 0.3 is 0 Å². The van der Waals surface area contributed by atoms with Crippen LogP contribution in [0.3, 0.4) is 0 Å². The number of thioether (sulfide) groups is 1. The van der Waals surface area contributed by atoms with Crippen LogP contribution in [0.4, 0.5) is 0 Å². The molecule has 1 aromatic rings. The highest BCUT2D eigenvalue weighted by atomic mass is 32.2. The van der Waals surface area contributed by atoms with Gasteiger partial charge in [-0.05, 0) is 24.3 Å². The van der Waals surface area contributed by atoms with Crippen molar-refractivity contribution in [2.45, 2.75) is 68.8 Å². The number of ketones is 1. The smallest absolute Gasteiger partial charge is 0.166 e. The van der Waals surface area contributed by atoms with Crippen LogP contribution in [-0.2, 0) is 0 Å². The van der Waals surface area contributed by atoms with Crippen LogP contribution in [0.15, 0.2) is 15.7 Å². The summed E-state index contributed by atoms with van der Waals surface area (Å²) in [5, 5.41) is 2.05. The Balaban J connectivity index is 0.000000771. The molecule has 2 heterocycles. The van der Waals surface area contributed by atoms with E-state index < -0.39 is 0 Å². The first-order valence-corrected chi connectivity index (χ1v) is 8.70. The molecule has 0 radical (unpaired) electrons. The van der Waals surface area contributed by atoms with Crippen molar-refractivity contribution < 1.29 is 4.79 Å². The molecule has 0 amide bonds. The third kappa shape index (κ3) is 3.39. The number of Topliss-reactive ketones (excluding diaryl/α,β-unsaturated/α-hetero) is 1. The number of fused-ring (bicyclic) bond motifs is 1. The van der Waals surface area contributed by atoms with E-state index in [-0.39, 0.29) is 4.75 Å². The molecule has 0 atom stereocenters. The first kappa shape index (κ1) is 15.8. The van der Waals surface area contributed by atoms with E-state index in [0.29, 0.717) is 5.78 Å². The molecular weight excluding hydrogens is 260 g/mol. The lowest BCUT2D eigenvalue weighted by Gasteiger charge is -2.35. The summed E-state index contributed by atoms with van der Waals surface area (Å²) >= 11 is 3.69. The highest BCUT2D eigenvalue weighted by Gasteiger charge is 2.38. The van der Waals surface area contributed by atoms with E-state index in [1.54, 1.807) is 11.3 Å². The predicted molar refractivity (Wildman–Crippen MR) is 83.0 cm³/mol. The van der Waals surface area contributed by atoms with E-state index in [0.717, 1.165) is 24.8 Å². The van der Waals surface area contributed by atoms with E-state index >= 15 is 0 Å². The summed E-state index contributed by atoms with van der Waals surface area (Å²) in [6, 6.07) is 1.98. The maximum Gasteiger partial charge on any atom is 0.166 e. The molecule has 0 spiro atoms. The lowest BCUT2D eigenvalue weighted by atomic mass is 9.90. The molecule has 0 fully saturated rings. The summed E-state index contributed by atoms with van der Waals surface area (Å²) in [4.78, 5) is 12.1. The summed E-state index contributed by atoms with van der Waals surface area (Å²) in [5.74, 6) is 0.358. The van der Waals surface area contributed by atoms with E-state index in [1.165, 1.54) is 17.1 Å². The summed E-state index contributed by atoms with van der Waals surface area (Å²) in [5.41, 5.74) is 0.970. The SMILES string of the molecule is CC.CCCC1(CCC)CC(=O)c2ccsc2S1. The van der Waals surface area contributed by atoms with Gasteiger partial charge in [-0.15, -0.1) is 23.1 Å². The average molecular weight is 284 g/mol.